The summed E-state index contributed by atoms with van der Waals surface area (Å²) in [5, 5.41) is 6.62. The van der Waals surface area contributed by atoms with Gasteiger partial charge in [-0.15, -0.1) is 5.10 Å². The molecule has 1 saturated heterocycles. The number of primary amides is 1. The van der Waals surface area contributed by atoms with Crippen molar-refractivity contribution < 1.29 is 9.59 Å². The van der Waals surface area contributed by atoms with Crippen LogP contribution in [0.5, 0.6) is 0 Å². The molecule has 0 bridgehead atoms. The highest BCUT2D eigenvalue weighted by Gasteiger charge is 2.31. The molecule has 1 aromatic rings. The molecule has 0 radical (unpaired) electrons. The molecule has 1 aliphatic heterocycles. The molecular weight excluding hydrogens is 230 g/mol. The fourth-order valence-corrected chi connectivity index (χ4v) is 2.08. The van der Waals surface area contributed by atoms with Crippen LogP contribution in [-0.2, 0) is 4.79 Å². The number of nitrogens with zero attached hydrogens (tertiary/aromatic N) is 3. The van der Waals surface area contributed by atoms with E-state index in [1.54, 1.807) is 0 Å². The van der Waals surface area contributed by atoms with Crippen molar-refractivity contribution in [1.29, 1.82) is 0 Å². The summed E-state index contributed by atoms with van der Waals surface area (Å²) >= 11 is 1.01. The minimum Gasteiger partial charge on any atom is -0.368 e. The van der Waals surface area contributed by atoms with Gasteiger partial charge in [0.25, 0.3) is 5.91 Å². The van der Waals surface area contributed by atoms with Crippen molar-refractivity contribution in [3.63, 3.8) is 0 Å². The first-order chi connectivity index (χ1) is 7.70. The Morgan fingerprint density at radius 1 is 1.62 bits per heavy atom. The van der Waals surface area contributed by atoms with Gasteiger partial charge in [-0.05, 0) is 11.5 Å². The fourth-order valence-electron chi connectivity index (χ4n) is 1.60. The highest BCUT2D eigenvalue weighted by Crippen LogP contribution is 2.11. The zero-order valence-corrected chi connectivity index (χ0v) is 9.24. The predicted molar refractivity (Wildman–Crippen MR) is 56.8 cm³/mol. The molecule has 0 aliphatic carbocycles. The highest BCUT2D eigenvalue weighted by molar-refractivity contribution is 7.07. The van der Waals surface area contributed by atoms with Crippen LogP contribution in [0.1, 0.15) is 9.67 Å². The van der Waals surface area contributed by atoms with Crippen LogP contribution in [0.25, 0.3) is 0 Å². The van der Waals surface area contributed by atoms with Crippen molar-refractivity contribution in [1.82, 2.24) is 19.8 Å². The first-order valence-electron chi connectivity index (χ1n) is 4.78. The quantitative estimate of drug-likeness (QED) is 0.652. The van der Waals surface area contributed by atoms with Gasteiger partial charge in [-0.25, -0.2) is 0 Å². The van der Waals surface area contributed by atoms with Crippen LogP contribution in [0.15, 0.2) is 6.20 Å². The minimum atomic E-state index is -0.594. The van der Waals surface area contributed by atoms with E-state index in [0.717, 1.165) is 11.5 Å². The molecule has 0 aromatic carbocycles. The van der Waals surface area contributed by atoms with Gasteiger partial charge < -0.3 is 16.0 Å². The average molecular weight is 241 g/mol. The molecule has 0 saturated carbocycles. The van der Waals surface area contributed by atoms with Crippen LogP contribution < -0.4 is 11.1 Å². The molecular formula is C8H11N5O2S. The lowest BCUT2D eigenvalue weighted by Crippen LogP contribution is -2.58. The Morgan fingerprint density at radius 3 is 3.06 bits per heavy atom. The van der Waals surface area contributed by atoms with Gasteiger partial charge in [0.2, 0.25) is 5.91 Å². The largest absolute Gasteiger partial charge is 0.368 e. The molecule has 1 atom stereocenters. The molecule has 2 rings (SSSR count). The summed E-state index contributed by atoms with van der Waals surface area (Å²) in [7, 11) is 0. The topological polar surface area (TPSA) is 101 Å². The van der Waals surface area contributed by atoms with Crippen molar-refractivity contribution in [3.05, 3.63) is 11.1 Å². The maximum absolute atomic E-state index is 12.0. The summed E-state index contributed by atoms with van der Waals surface area (Å²) in [6.45, 7) is 1.51. The Morgan fingerprint density at radius 2 is 2.44 bits per heavy atom. The number of carbonyl (C=O) groups is 2. The lowest BCUT2D eigenvalue weighted by molar-refractivity contribution is -0.122. The lowest BCUT2D eigenvalue weighted by atomic mass is 10.1. The average Bonchev–Trinajstić information content (AvgIpc) is 2.81. The second-order valence-electron chi connectivity index (χ2n) is 3.40. The summed E-state index contributed by atoms with van der Waals surface area (Å²) in [5.74, 6) is -0.738. The maximum atomic E-state index is 12.0. The standard InChI is InChI=1S/C8H11N5O2S/c9-7(14)5-3-10-1-2-13(5)8(15)6-4-11-12-16-6/h4-5,10H,1-3H2,(H2,9,14). The lowest BCUT2D eigenvalue weighted by Gasteiger charge is -2.33. The Balaban J connectivity index is 2.17. The third-order valence-corrected chi connectivity index (χ3v) is 3.06. The van der Waals surface area contributed by atoms with Crippen molar-refractivity contribution in [2.75, 3.05) is 19.6 Å². The van der Waals surface area contributed by atoms with E-state index in [2.05, 4.69) is 14.9 Å². The number of carbonyl (C=O) groups excluding carboxylic acids is 2. The summed E-state index contributed by atoms with van der Waals surface area (Å²) in [5.41, 5.74) is 5.25. The Hall–Kier alpha value is -1.54. The number of amides is 2. The molecule has 2 heterocycles. The number of rotatable bonds is 2. The maximum Gasteiger partial charge on any atom is 0.268 e. The zero-order chi connectivity index (χ0) is 11.5. The first kappa shape index (κ1) is 11.0. The Kier molecular flexibility index (Phi) is 3.11. The molecule has 16 heavy (non-hydrogen) atoms. The number of aromatic nitrogens is 2. The molecule has 0 spiro atoms. The summed E-state index contributed by atoms with van der Waals surface area (Å²) in [4.78, 5) is 25.1. The van der Waals surface area contributed by atoms with E-state index >= 15 is 0 Å². The van der Waals surface area contributed by atoms with Crippen molar-refractivity contribution in [2.45, 2.75) is 6.04 Å². The van der Waals surface area contributed by atoms with Crippen LogP contribution in [-0.4, -0.2) is 52.0 Å². The number of nitrogens with two attached hydrogens (primary N) is 1. The van der Waals surface area contributed by atoms with Crippen molar-refractivity contribution in [3.8, 4) is 0 Å². The Bertz CT molecular complexity index is 393. The molecule has 2 amide bonds. The fraction of sp³-hybridized carbons (Fsp3) is 0.500. The van der Waals surface area contributed by atoms with Gasteiger partial charge >= 0.3 is 0 Å². The molecule has 1 unspecified atom stereocenters. The molecule has 8 heteroatoms. The van der Waals surface area contributed by atoms with E-state index in [1.807, 2.05) is 0 Å². The van der Waals surface area contributed by atoms with Gasteiger partial charge in [-0.1, -0.05) is 4.49 Å². The van der Waals surface area contributed by atoms with Crippen molar-refractivity contribution >= 4 is 23.3 Å². The summed E-state index contributed by atoms with van der Waals surface area (Å²) in [6.07, 6.45) is 1.40. The Labute approximate surface area is 95.8 Å². The van der Waals surface area contributed by atoms with Crippen LogP contribution in [0.4, 0.5) is 0 Å². The highest BCUT2D eigenvalue weighted by atomic mass is 32.1. The molecule has 7 nitrogen and oxygen atoms in total. The molecule has 1 aromatic heterocycles. The van der Waals surface area contributed by atoms with Crippen molar-refractivity contribution in [2.24, 2.45) is 5.73 Å². The first-order valence-corrected chi connectivity index (χ1v) is 5.56. The third kappa shape index (κ3) is 2.02. The molecule has 1 aliphatic rings. The van der Waals surface area contributed by atoms with E-state index in [0.29, 0.717) is 24.5 Å². The van der Waals surface area contributed by atoms with E-state index in [4.69, 9.17) is 5.73 Å². The normalized spacial score (nSPS) is 20.8. The van der Waals surface area contributed by atoms with Crippen LogP contribution in [0.3, 0.4) is 0 Å². The van der Waals surface area contributed by atoms with E-state index in [1.165, 1.54) is 11.1 Å². The summed E-state index contributed by atoms with van der Waals surface area (Å²) in [6, 6.07) is -0.594. The van der Waals surface area contributed by atoms with Crippen LogP contribution >= 0.6 is 11.5 Å². The smallest absolute Gasteiger partial charge is 0.268 e. The van der Waals surface area contributed by atoms with Crippen LogP contribution in [0.2, 0.25) is 0 Å². The van der Waals surface area contributed by atoms with Crippen LogP contribution in [0, 0.1) is 0 Å². The van der Waals surface area contributed by atoms with E-state index in [-0.39, 0.29) is 5.91 Å². The minimum absolute atomic E-state index is 0.236. The zero-order valence-electron chi connectivity index (χ0n) is 8.42. The SMILES string of the molecule is NC(=O)C1CNCCN1C(=O)c1cnns1. The number of piperazine rings is 1. The van der Waals surface area contributed by atoms with Gasteiger partial charge in [-0.3, -0.25) is 9.59 Å². The summed E-state index contributed by atoms with van der Waals surface area (Å²) < 4.78 is 3.62. The number of nitrogens with one attached hydrogen (secondary N) is 1. The molecule has 1 fully saturated rings. The van der Waals surface area contributed by atoms with E-state index in [9.17, 15) is 9.59 Å². The van der Waals surface area contributed by atoms with Gasteiger partial charge in [0.05, 0.1) is 6.20 Å². The van der Waals surface area contributed by atoms with Gasteiger partial charge in [-0.2, -0.15) is 0 Å². The van der Waals surface area contributed by atoms with Gasteiger partial charge in [0.15, 0.2) is 0 Å². The molecule has 3 N–H and O–H groups in total. The van der Waals surface area contributed by atoms with Gasteiger partial charge in [0, 0.05) is 19.6 Å². The van der Waals surface area contributed by atoms with Gasteiger partial charge in [0.1, 0.15) is 10.9 Å². The number of hydrogen-bond donors (Lipinski definition) is 2. The third-order valence-electron chi connectivity index (χ3n) is 2.40. The molecule has 86 valence electrons. The predicted octanol–water partition coefficient (Wildman–Crippen LogP) is -1.56. The monoisotopic (exact) mass is 241 g/mol. The van der Waals surface area contributed by atoms with E-state index < -0.39 is 11.9 Å². The number of hydrogen-bond acceptors (Lipinski definition) is 6. The second kappa shape index (κ2) is 4.54. The second-order valence-corrected chi connectivity index (χ2v) is 4.19.